The minimum Gasteiger partial charge on any atom is -0.493 e. The van der Waals surface area contributed by atoms with Gasteiger partial charge in [0.15, 0.2) is 0 Å². The van der Waals surface area contributed by atoms with E-state index in [1.165, 1.54) is 11.1 Å². The Bertz CT molecular complexity index is 785. The van der Waals surface area contributed by atoms with Gasteiger partial charge in [-0.1, -0.05) is 36.4 Å². The molecular weight excluding hydrogens is 352 g/mol. The van der Waals surface area contributed by atoms with Crippen LogP contribution in [0.25, 0.3) is 0 Å². The second kappa shape index (κ2) is 10.2. The van der Waals surface area contributed by atoms with Crippen LogP contribution in [0.1, 0.15) is 28.7 Å². The fourth-order valence-corrected chi connectivity index (χ4v) is 3.30. The molecule has 0 atom stereocenters. The molecule has 2 aromatic carbocycles. The predicted octanol–water partition coefficient (Wildman–Crippen LogP) is 3.22. The van der Waals surface area contributed by atoms with Crippen molar-refractivity contribution >= 4 is 5.91 Å². The SMILES string of the molecule is Cc1cccc(OCCC(=O)NCc2ccccc2CN2CCOCC2)c1C. The molecule has 0 unspecified atom stereocenters. The van der Waals surface area contributed by atoms with Gasteiger partial charge in [-0.15, -0.1) is 0 Å². The zero-order valence-corrected chi connectivity index (χ0v) is 16.9. The summed E-state index contributed by atoms with van der Waals surface area (Å²) in [5, 5.41) is 3.03. The molecule has 0 radical (unpaired) electrons. The fourth-order valence-electron chi connectivity index (χ4n) is 3.30. The minimum absolute atomic E-state index is 0.00600. The van der Waals surface area contributed by atoms with Crippen LogP contribution in [0.4, 0.5) is 0 Å². The third-order valence-electron chi connectivity index (χ3n) is 5.23. The van der Waals surface area contributed by atoms with Gasteiger partial charge in [0.25, 0.3) is 0 Å². The Morgan fingerprint density at radius 1 is 1.07 bits per heavy atom. The first-order valence-electron chi connectivity index (χ1n) is 9.96. The van der Waals surface area contributed by atoms with Crippen LogP contribution in [0, 0.1) is 13.8 Å². The number of nitrogens with one attached hydrogen (secondary N) is 1. The summed E-state index contributed by atoms with van der Waals surface area (Å²) in [7, 11) is 0. The topological polar surface area (TPSA) is 50.8 Å². The molecule has 0 spiro atoms. The second-order valence-electron chi connectivity index (χ2n) is 7.23. The smallest absolute Gasteiger partial charge is 0.223 e. The molecule has 1 saturated heterocycles. The Morgan fingerprint density at radius 3 is 2.61 bits per heavy atom. The third kappa shape index (κ3) is 5.81. The van der Waals surface area contributed by atoms with E-state index in [2.05, 4.69) is 41.4 Å². The maximum absolute atomic E-state index is 12.2. The number of hydrogen-bond acceptors (Lipinski definition) is 4. The number of amides is 1. The Hall–Kier alpha value is -2.37. The molecule has 0 saturated carbocycles. The van der Waals surface area contributed by atoms with E-state index >= 15 is 0 Å². The fraction of sp³-hybridized carbons (Fsp3) is 0.435. The molecule has 0 bridgehead atoms. The number of carbonyl (C=O) groups is 1. The molecule has 5 nitrogen and oxygen atoms in total. The Morgan fingerprint density at radius 2 is 1.82 bits per heavy atom. The Labute approximate surface area is 167 Å². The second-order valence-corrected chi connectivity index (χ2v) is 7.23. The number of hydrogen-bond donors (Lipinski definition) is 1. The highest BCUT2D eigenvalue weighted by Gasteiger charge is 2.13. The van der Waals surface area contributed by atoms with E-state index in [9.17, 15) is 4.79 Å². The summed E-state index contributed by atoms with van der Waals surface area (Å²) in [6.45, 7) is 9.41. The maximum Gasteiger partial charge on any atom is 0.223 e. The summed E-state index contributed by atoms with van der Waals surface area (Å²) >= 11 is 0. The molecule has 28 heavy (non-hydrogen) atoms. The van der Waals surface area contributed by atoms with Crippen LogP contribution < -0.4 is 10.1 Å². The van der Waals surface area contributed by atoms with Crippen molar-refractivity contribution in [3.8, 4) is 5.75 Å². The largest absolute Gasteiger partial charge is 0.493 e. The van der Waals surface area contributed by atoms with Crippen molar-refractivity contribution in [2.45, 2.75) is 33.4 Å². The molecule has 1 fully saturated rings. The molecule has 1 amide bonds. The third-order valence-corrected chi connectivity index (χ3v) is 5.23. The summed E-state index contributed by atoms with van der Waals surface area (Å²) in [6, 6.07) is 14.3. The van der Waals surface area contributed by atoms with Crippen molar-refractivity contribution in [3.63, 3.8) is 0 Å². The van der Waals surface area contributed by atoms with Crippen LogP contribution in [0.5, 0.6) is 5.75 Å². The molecule has 1 heterocycles. The van der Waals surface area contributed by atoms with Crippen molar-refractivity contribution in [2.24, 2.45) is 0 Å². The number of aryl methyl sites for hydroxylation is 1. The van der Waals surface area contributed by atoms with Crippen molar-refractivity contribution in [1.29, 1.82) is 0 Å². The van der Waals surface area contributed by atoms with Gasteiger partial charge in [-0.3, -0.25) is 9.69 Å². The molecule has 0 aromatic heterocycles. The first-order valence-corrected chi connectivity index (χ1v) is 9.96. The van der Waals surface area contributed by atoms with Gasteiger partial charge in [0, 0.05) is 26.2 Å². The lowest BCUT2D eigenvalue weighted by atomic mass is 10.1. The van der Waals surface area contributed by atoms with E-state index in [-0.39, 0.29) is 5.91 Å². The van der Waals surface area contributed by atoms with E-state index in [0.29, 0.717) is 19.6 Å². The van der Waals surface area contributed by atoms with Crippen LogP contribution in [-0.2, 0) is 22.6 Å². The predicted molar refractivity (Wildman–Crippen MR) is 110 cm³/mol. The summed E-state index contributed by atoms with van der Waals surface area (Å²) in [6.07, 6.45) is 0.346. The lowest BCUT2D eigenvalue weighted by Crippen LogP contribution is -2.36. The van der Waals surface area contributed by atoms with Crippen molar-refractivity contribution < 1.29 is 14.3 Å². The van der Waals surface area contributed by atoms with E-state index in [1.54, 1.807) is 0 Å². The highest BCUT2D eigenvalue weighted by atomic mass is 16.5. The Balaban J connectivity index is 1.46. The molecule has 5 heteroatoms. The quantitative estimate of drug-likeness (QED) is 0.762. The summed E-state index contributed by atoms with van der Waals surface area (Å²) in [5.41, 5.74) is 4.74. The van der Waals surface area contributed by atoms with Crippen molar-refractivity contribution in [2.75, 3.05) is 32.9 Å². The molecule has 2 aromatic rings. The lowest BCUT2D eigenvalue weighted by Gasteiger charge is -2.27. The van der Waals surface area contributed by atoms with Crippen LogP contribution >= 0.6 is 0 Å². The first kappa shape index (κ1) is 20.4. The monoisotopic (exact) mass is 382 g/mol. The van der Waals surface area contributed by atoms with Gasteiger partial charge in [0.1, 0.15) is 5.75 Å². The zero-order chi connectivity index (χ0) is 19.8. The van der Waals surface area contributed by atoms with Gasteiger partial charge in [-0.05, 0) is 42.2 Å². The first-order chi connectivity index (χ1) is 13.6. The number of ether oxygens (including phenoxy) is 2. The van der Waals surface area contributed by atoms with Crippen LogP contribution in [-0.4, -0.2) is 43.7 Å². The summed E-state index contributed by atoms with van der Waals surface area (Å²) in [5.74, 6) is 0.857. The highest BCUT2D eigenvalue weighted by molar-refractivity contribution is 5.76. The average Bonchev–Trinajstić information content (AvgIpc) is 2.71. The number of rotatable bonds is 8. The number of morpholine rings is 1. The lowest BCUT2D eigenvalue weighted by molar-refractivity contribution is -0.121. The van der Waals surface area contributed by atoms with Gasteiger partial charge < -0.3 is 14.8 Å². The number of benzene rings is 2. The zero-order valence-electron chi connectivity index (χ0n) is 16.9. The summed E-state index contributed by atoms with van der Waals surface area (Å²) in [4.78, 5) is 14.6. The maximum atomic E-state index is 12.2. The van der Waals surface area contributed by atoms with Crippen LogP contribution in [0.3, 0.4) is 0 Å². The molecule has 3 rings (SSSR count). The molecular formula is C23H30N2O3. The van der Waals surface area contributed by atoms with Crippen molar-refractivity contribution in [3.05, 3.63) is 64.7 Å². The average molecular weight is 383 g/mol. The van der Waals surface area contributed by atoms with E-state index in [0.717, 1.165) is 49.7 Å². The van der Waals surface area contributed by atoms with Crippen LogP contribution in [0.15, 0.2) is 42.5 Å². The summed E-state index contributed by atoms with van der Waals surface area (Å²) < 4.78 is 11.2. The van der Waals surface area contributed by atoms with Gasteiger partial charge in [0.2, 0.25) is 5.91 Å². The number of nitrogens with zero attached hydrogens (tertiary/aromatic N) is 1. The molecule has 0 aliphatic carbocycles. The highest BCUT2D eigenvalue weighted by Crippen LogP contribution is 2.20. The van der Waals surface area contributed by atoms with Gasteiger partial charge in [-0.25, -0.2) is 0 Å². The van der Waals surface area contributed by atoms with Crippen LogP contribution in [0.2, 0.25) is 0 Å². The minimum atomic E-state index is 0.00600. The van der Waals surface area contributed by atoms with E-state index < -0.39 is 0 Å². The van der Waals surface area contributed by atoms with Gasteiger partial charge in [-0.2, -0.15) is 0 Å². The van der Waals surface area contributed by atoms with Gasteiger partial charge >= 0.3 is 0 Å². The molecule has 1 N–H and O–H groups in total. The van der Waals surface area contributed by atoms with Gasteiger partial charge in [0.05, 0.1) is 26.2 Å². The normalized spacial score (nSPS) is 14.6. The molecule has 150 valence electrons. The van der Waals surface area contributed by atoms with Crippen molar-refractivity contribution in [1.82, 2.24) is 10.2 Å². The van der Waals surface area contributed by atoms with E-state index in [4.69, 9.17) is 9.47 Å². The van der Waals surface area contributed by atoms with E-state index in [1.807, 2.05) is 25.1 Å². The molecule has 1 aliphatic rings. The standard InChI is InChI=1S/C23H30N2O3/c1-18-6-5-9-22(19(18)2)28-13-10-23(26)24-16-20-7-3-4-8-21(20)17-25-11-14-27-15-12-25/h3-9H,10-17H2,1-2H3,(H,24,26). The Kier molecular flexibility index (Phi) is 7.46. The number of carbonyl (C=O) groups excluding carboxylic acids is 1. The molecule has 1 aliphatic heterocycles.